The van der Waals surface area contributed by atoms with E-state index in [1.807, 2.05) is 78.9 Å². The molecule has 0 radical (unpaired) electrons. The standard InChI is InChI=1S/C36H28N3O.Pt/c1-26(27-13-4-2-5-14-27)28-23-29(33-18-12-19-34(38-33)32-17-8-9-20-35(32)40)25-31(24-28)39(30-15-6-3-7-16-30)36-21-10-11-22-37-36;/h2-24,26,40H,1H3;/q-1;. The van der Waals surface area contributed by atoms with Crippen LogP contribution in [0.1, 0.15) is 24.0 Å². The second kappa shape index (κ2) is 12.8. The minimum atomic E-state index is 0. The van der Waals surface area contributed by atoms with Gasteiger partial charge in [0.15, 0.2) is 0 Å². The molecule has 0 bridgehead atoms. The Hall–Kier alpha value is -4.53. The van der Waals surface area contributed by atoms with E-state index in [9.17, 15) is 5.11 Å². The van der Waals surface area contributed by atoms with Crippen molar-refractivity contribution in [1.82, 2.24) is 9.97 Å². The number of aromatic hydroxyl groups is 1. The normalized spacial score (nSPS) is 11.3. The van der Waals surface area contributed by atoms with Gasteiger partial charge in [-0.05, 0) is 65.3 Å². The molecule has 0 amide bonds. The van der Waals surface area contributed by atoms with E-state index in [0.29, 0.717) is 11.3 Å². The maximum atomic E-state index is 10.5. The van der Waals surface area contributed by atoms with Crippen LogP contribution < -0.4 is 4.90 Å². The monoisotopic (exact) mass is 713 g/mol. The van der Waals surface area contributed by atoms with Gasteiger partial charge in [0.05, 0.1) is 5.69 Å². The summed E-state index contributed by atoms with van der Waals surface area (Å²) in [6.07, 6.45) is 1.81. The Morgan fingerprint density at radius 3 is 2.10 bits per heavy atom. The Bertz CT molecular complexity index is 1690. The van der Waals surface area contributed by atoms with Crippen molar-refractivity contribution in [2.24, 2.45) is 0 Å². The van der Waals surface area contributed by atoms with Crippen molar-refractivity contribution < 1.29 is 26.2 Å². The van der Waals surface area contributed by atoms with Gasteiger partial charge in [0.25, 0.3) is 0 Å². The van der Waals surface area contributed by atoms with Crippen molar-refractivity contribution in [2.75, 3.05) is 4.90 Å². The van der Waals surface area contributed by atoms with Gasteiger partial charge in [-0.2, -0.15) is 0 Å². The third-order valence-electron chi connectivity index (χ3n) is 7.02. The van der Waals surface area contributed by atoms with Crippen LogP contribution in [0.25, 0.3) is 22.5 Å². The Morgan fingerprint density at radius 1 is 0.683 bits per heavy atom. The van der Waals surface area contributed by atoms with Gasteiger partial charge in [-0.3, -0.25) is 4.98 Å². The number of phenolic OH excluding ortho intramolecular Hbond substituents is 1. The van der Waals surface area contributed by atoms with Crippen LogP contribution in [0.2, 0.25) is 0 Å². The Morgan fingerprint density at radius 2 is 1.37 bits per heavy atom. The first-order chi connectivity index (χ1) is 19.7. The van der Waals surface area contributed by atoms with Crippen LogP contribution in [-0.4, -0.2) is 15.1 Å². The third-order valence-corrected chi connectivity index (χ3v) is 7.02. The van der Waals surface area contributed by atoms with Crippen molar-refractivity contribution in [1.29, 1.82) is 0 Å². The first-order valence-corrected chi connectivity index (χ1v) is 13.3. The topological polar surface area (TPSA) is 49.3 Å². The molecule has 4 nitrogen and oxygen atoms in total. The molecule has 6 rings (SSSR count). The molecule has 5 heteroatoms. The van der Waals surface area contributed by atoms with Gasteiger partial charge in [-0.15, -0.1) is 29.3 Å². The molecule has 0 aliphatic heterocycles. The average molecular weight is 714 g/mol. The van der Waals surface area contributed by atoms with E-state index in [2.05, 4.69) is 66.4 Å². The molecular formula is C36H28N3OPt-. The number of pyridine rings is 2. The predicted molar refractivity (Wildman–Crippen MR) is 162 cm³/mol. The number of para-hydroxylation sites is 2. The summed E-state index contributed by atoms with van der Waals surface area (Å²) in [5.41, 5.74) is 7.27. The molecule has 0 aliphatic carbocycles. The summed E-state index contributed by atoms with van der Waals surface area (Å²) in [4.78, 5) is 11.8. The van der Waals surface area contributed by atoms with Gasteiger partial charge in [-0.1, -0.05) is 85.8 Å². The molecule has 1 N–H and O–H groups in total. The number of benzene rings is 4. The molecule has 4 aromatic carbocycles. The molecule has 0 spiro atoms. The number of hydrogen-bond acceptors (Lipinski definition) is 4. The summed E-state index contributed by atoms with van der Waals surface area (Å²) in [7, 11) is 0. The minimum absolute atomic E-state index is 0. The molecule has 0 fully saturated rings. The van der Waals surface area contributed by atoms with Crippen LogP contribution >= 0.6 is 0 Å². The van der Waals surface area contributed by atoms with E-state index in [1.165, 1.54) is 5.56 Å². The molecule has 1 atom stereocenters. The number of anilines is 3. The van der Waals surface area contributed by atoms with Crippen molar-refractivity contribution in [2.45, 2.75) is 12.8 Å². The number of hydrogen-bond donors (Lipinski definition) is 1. The van der Waals surface area contributed by atoms with E-state index in [0.717, 1.165) is 34.0 Å². The van der Waals surface area contributed by atoms with Crippen LogP contribution in [0.15, 0.2) is 140 Å². The number of aromatic nitrogens is 2. The summed E-state index contributed by atoms with van der Waals surface area (Å²) >= 11 is 0. The van der Waals surface area contributed by atoms with Crippen LogP contribution in [0.3, 0.4) is 0 Å². The van der Waals surface area contributed by atoms with Crippen molar-refractivity contribution >= 4 is 17.2 Å². The van der Waals surface area contributed by atoms with E-state index >= 15 is 0 Å². The molecule has 0 saturated carbocycles. The van der Waals surface area contributed by atoms with Gasteiger partial charge in [0.2, 0.25) is 0 Å². The fraction of sp³-hybridized carbons (Fsp3) is 0.0556. The van der Waals surface area contributed by atoms with E-state index in [-0.39, 0.29) is 32.7 Å². The van der Waals surface area contributed by atoms with Gasteiger partial charge < -0.3 is 10.0 Å². The second-order valence-electron chi connectivity index (χ2n) is 9.63. The fourth-order valence-corrected chi connectivity index (χ4v) is 4.90. The average Bonchev–Trinajstić information content (AvgIpc) is 3.02. The van der Waals surface area contributed by atoms with Crippen molar-refractivity contribution in [3.63, 3.8) is 0 Å². The molecule has 204 valence electrons. The number of phenols is 1. The zero-order valence-electron chi connectivity index (χ0n) is 22.5. The van der Waals surface area contributed by atoms with Gasteiger partial charge in [0.1, 0.15) is 11.6 Å². The summed E-state index contributed by atoms with van der Waals surface area (Å²) in [5, 5.41) is 10.5. The summed E-state index contributed by atoms with van der Waals surface area (Å²) in [5.74, 6) is 1.14. The van der Waals surface area contributed by atoms with Gasteiger partial charge in [0, 0.05) is 38.5 Å². The SMILES string of the molecule is CC(c1ccccc1)c1cc(-c2cccc(-c3ccccc3O)n2)[c-]c(N(c2ccccc2)c2ccccn2)c1.[Pt]. The maximum Gasteiger partial charge on any atom is 0.136 e. The molecule has 1 unspecified atom stereocenters. The Balaban J connectivity index is 0.00000337. The third kappa shape index (κ3) is 6.14. The summed E-state index contributed by atoms with van der Waals surface area (Å²) in [6, 6.07) is 47.8. The number of rotatable bonds is 7. The molecule has 2 heterocycles. The van der Waals surface area contributed by atoms with E-state index < -0.39 is 0 Å². The predicted octanol–water partition coefficient (Wildman–Crippen LogP) is 8.94. The molecule has 6 aromatic rings. The van der Waals surface area contributed by atoms with Crippen LogP contribution in [-0.2, 0) is 21.1 Å². The Kier molecular flexibility index (Phi) is 8.72. The number of nitrogens with zero attached hydrogens (tertiary/aromatic N) is 3. The fourth-order valence-electron chi connectivity index (χ4n) is 4.90. The van der Waals surface area contributed by atoms with Crippen molar-refractivity contribution in [3.05, 3.63) is 157 Å². The van der Waals surface area contributed by atoms with Crippen molar-refractivity contribution in [3.8, 4) is 28.3 Å². The van der Waals surface area contributed by atoms with Gasteiger partial charge in [-0.25, -0.2) is 4.98 Å². The van der Waals surface area contributed by atoms with E-state index in [1.54, 1.807) is 12.3 Å². The second-order valence-corrected chi connectivity index (χ2v) is 9.63. The molecule has 0 aliphatic rings. The largest absolute Gasteiger partial charge is 0.507 e. The Labute approximate surface area is 255 Å². The zero-order valence-corrected chi connectivity index (χ0v) is 24.7. The molecular weight excluding hydrogens is 685 g/mol. The molecule has 41 heavy (non-hydrogen) atoms. The van der Waals surface area contributed by atoms with E-state index in [4.69, 9.17) is 9.97 Å². The summed E-state index contributed by atoms with van der Waals surface area (Å²) < 4.78 is 0. The van der Waals surface area contributed by atoms with Crippen LogP contribution in [0.5, 0.6) is 5.75 Å². The van der Waals surface area contributed by atoms with Crippen LogP contribution in [0.4, 0.5) is 17.2 Å². The first kappa shape index (κ1) is 28.0. The minimum Gasteiger partial charge on any atom is -0.507 e. The summed E-state index contributed by atoms with van der Waals surface area (Å²) in [6.45, 7) is 2.22. The zero-order chi connectivity index (χ0) is 27.3. The first-order valence-electron chi connectivity index (χ1n) is 13.3. The quantitative estimate of drug-likeness (QED) is 0.168. The smallest absolute Gasteiger partial charge is 0.136 e. The molecule has 0 saturated heterocycles. The van der Waals surface area contributed by atoms with Gasteiger partial charge >= 0.3 is 0 Å². The van der Waals surface area contributed by atoms with Crippen LogP contribution in [0, 0.1) is 6.07 Å². The molecule has 2 aromatic heterocycles. The maximum absolute atomic E-state index is 10.5.